The molecule has 2 aliphatic carbocycles. The molecule has 0 N–H and O–H groups in total. The maximum atomic E-state index is 7.23. The van der Waals surface area contributed by atoms with E-state index in [-0.39, 0.29) is 0 Å². The largest absolute Gasteiger partial charge is 0.449 e. The molecule has 0 unspecified atom stereocenters. The van der Waals surface area contributed by atoms with Crippen LogP contribution in [0.25, 0.3) is 55.6 Å². The topological polar surface area (TPSA) is 21.7 Å². The SMILES string of the molecule is c1ccc(-c2cccc(N(c3ccc(-c4ccccc4)c(-c4ccccc4)c3)c3cccc4c3Oc3ccc5c(c3O4)-c3ccccc3C53c4ccccc4-c4ccccc43)c2)cc1. The standard InChI is InChI=1S/C61H39NO2/c1-4-18-40(19-5-1)43-24-16-25-44(38-43)62(45-34-35-46(41-20-6-2-7-21-41)50(39-45)42-22-8-3-9-23-42)55-32-17-33-56-59(55)63-57-37-36-54-58(60(57)64-56)49-28-12-15-31-53(49)61(54)51-29-13-10-26-47(51)48-27-11-14-30-52(48)61/h1-39H. The van der Waals surface area contributed by atoms with Crippen LogP contribution in [-0.2, 0) is 5.41 Å². The molecule has 0 atom stereocenters. The van der Waals surface area contributed by atoms with Gasteiger partial charge in [-0.3, -0.25) is 0 Å². The normalized spacial score (nSPS) is 13.1. The van der Waals surface area contributed by atoms with E-state index in [0.717, 1.165) is 67.3 Å². The van der Waals surface area contributed by atoms with E-state index >= 15 is 0 Å². The van der Waals surface area contributed by atoms with Gasteiger partial charge in [-0.25, -0.2) is 0 Å². The van der Waals surface area contributed by atoms with Crippen LogP contribution in [0.1, 0.15) is 22.3 Å². The number of hydrogen-bond donors (Lipinski definition) is 0. The summed E-state index contributed by atoms with van der Waals surface area (Å²) in [4.78, 5) is 2.31. The van der Waals surface area contributed by atoms with E-state index in [2.05, 4.69) is 235 Å². The Morgan fingerprint density at radius 1 is 0.297 bits per heavy atom. The highest BCUT2D eigenvalue weighted by Crippen LogP contribution is 2.67. The molecule has 0 aromatic heterocycles. The Bertz CT molecular complexity index is 3400. The predicted octanol–water partition coefficient (Wildman–Crippen LogP) is 16.4. The molecule has 0 amide bonds. The Labute approximate surface area is 372 Å². The molecular formula is C61H39NO2. The minimum atomic E-state index is -0.484. The first-order chi connectivity index (χ1) is 31.8. The molecule has 3 aliphatic rings. The molecular weight excluding hydrogens is 779 g/mol. The number of nitrogens with zero attached hydrogens (tertiary/aromatic N) is 1. The van der Waals surface area contributed by atoms with Crippen molar-refractivity contribution in [3.63, 3.8) is 0 Å². The van der Waals surface area contributed by atoms with Crippen LogP contribution >= 0.6 is 0 Å². The maximum absolute atomic E-state index is 7.23. The molecule has 3 heteroatoms. The van der Waals surface area contributed by atoms with Crippen LogP contribution in [0.5, 0.6) is 23.0 Å². The number of para-hydroxylation sites is 1. The Kier molecular flexibility index (Phi) is 8.13. The second kappa shape index (κ2) is 14.3. The van der Waals surface area contributed by atoms with Crippen LogP contribution in [0.2, 0.25) is 0 Å². The summed E-state index contributed by atoms with van der Waals surface area (Å²) < 4.78 is 14.4. The van der Waals surface area contributed by atoms with Gasteiger partial charge in [0.1, 0.15) is 0 Å². The smallest absolute Gasteiger partial charge is 0.194 e. The Morgan fingerprint density at radius 3 is 1.50 bits per heavy atom. The van der Waals surface area contributed by atoms with Crippen molar-refractivity contribution >= 4 is 17.1 Å². The third kappa shape index (κ3) is 5.34. The average Bonchev–Trinajstić information content (AvgIpc) is 3.85. The molecule has 1 aliphatic heterocycles. The Balaban J connectivity index is 0.999. The van der Waals surface area contributed by atoms with Gasteiger partial charge in [0, 0.05) is 16.9 Å². The van der Waals surface area contributed by atoms with Crippen molar-refractivity contribution in [2.45, 2.75) is 5.41 Å². The van der Waals surface area contributed by atoms with Crippen molar-refractivity contribution in [1.29, 1.82) is 0 Å². The minimum absolute atomic E-state index is 0.484. The molecule has 1 heterocycles. The molecule has 3 nitrogen and oxygen atoms in total. The van der Waals surface area contributed by atoms with E-state index in [9.17, 15) is 0 Å². The van der Waals surface area contributed by atoms with Gasteiger partial charge in [0.2, 0.25) is 0 Å². The van der Waals surface area contributed by atoms with Crippen molar-refractivity contribution < 1.29 is 9.47 Å². The third-order valence-electron chi connectivity index (χ3n) is 13.3. The number of ether oxygens (including phenoxy) is 2. The fourth-order valence-electron chi connectivity index (χ4n) is 10.7. The fraction of sp³-hybridized carbons (Fsp3) is 0.0164. The lowest BCUT2D eigenvalue weighted by Crippen LogP contribution is -2.25. The van der Waals surface area contributed by atoms with Gasteiger partial charge in [0.15, 0.2) is 23.0 Å². The highest BCUT2D eigenvalue weighted by Gasteiger charge is 2.53. The summed E-state index contributed by atoms with van der Waals surface area (Å²) in [7, 11) is 0. The highest BCUT2D eigenvalue weighted by atomic mass is 16.6. The van der Waals surface area contributed by atoms with Gasteiger partial charge in [-0.2, -0.15) is 0 Å². The van der Waals surface area contributed by atoms with Crippen molar-refractivity contribution in [2.24, 2.45) is 0 Å². The van der Waals surface area contributed by atoms with Crippen LogP contribution in [0.4, 0.5) is 17.1 Å². The van der Waals surface area contributed by atoms with Crippen LogP contribution in [0.15, 0.2) is 237 Å². The zero-order valence-electron chi connectivity index (χ0n) is 34.8. The summed E-state index contributed by atoms with van der Waals surface area (Å²) in [5, 5.41) is 0. The second-order valence-corrected chi connectivity index (χ2v) is 16.7. The zero-order chi connectivity index (χ0) is 42.2. The lowest BCUT2D eigenvalue weighted by Gasteiger charge is -2.32. The Morgan fingerprint density at radius 2 is 0.812 bits per heavy atom. The van der Waals surface area contributed by atoms with Gasteiger partial charge < -0.3 is 14.4 Å². The van der Waals surface area contributed by atoms with E-state index in [4.69, 9.17) is 9.47 Å². The van der Waals surface area contributed by atoms with E-state index in [1.807, 2.05) is 6.07 Å². The zero-order valence-corrected chi connectivity index (χ0v) is 34.8. The van der Waals surface area contributed by atoms with Gasteiger partial charge in [-0.05, 0) is 115 Å². The maximum Gasteiger partial charge on any atom is 0.194 e. The summed E-state index contributed by atoms with van der Waals surface area (Å²) in [6, 6.07) is 84.6. The van der Waals surface area contributed by atoms with E-state index in [0.29, 0.717) is 17.2 Å². The van der Waals surface area contributed by atoms with Crippen LogP contribution in [0.3, 0.4) is 0 Å². The Hall–Kier alpha value is -8.40. The second-order valence-electron chi connectivity index (χ2n) is 16.7. The predicted molar refractivity (Wildman–Crippen MR) is 260 cm³/mol. The van der Waals surface area contributed by atoms with Crippen LogP contribution in [-0.4, -0.2) is 0 Å². The van der Waals surface area contributed by atoms with Gasteiger partial charge in [-0.15, -0.1) is 0 Å². The summed E-state index contributed by atoms with van der Waals surface area (Å²) in [6.45, 7) is 0. The summed E-state index contributed by atoms with van der Waals surface area (Å²) in [5.74, 6) is 2.75. The van der Waals surface area contributed by atoms with E-state index < -0.39 is 5.41 Å². The molecule has 300 valence electrons. The molecule has 0 saturated heterocycles. The van der Waals surface area contributed by atoms with Crippen molar-refractivity contribution in [2.75, 3.05) is 4.90 Å². The van der Waals surface area contributed by atoms with Gasteiger partial charge in [-0.1, -0.05) is 194 Å². The summed E-state index contributed by atoms with van der Waals surface area (Å²) >= 11 is 0. The number of benzene rings is 10. The molecule has 64 heavy (non-hydrogen) atoms. The first kappa shape index (κ1) is 36.3. The molecule has 10 aromatic carbocycles. The first-order valence-corrected chi connectivity index (χ1v) is 21.9. The van der Waals surface area contributed by atoms with Crippen molar-refractivity contribution in [1.82, 2.24) is 0 Å². The monoisotopic (exact) mass is 817 g/mol. The first-order valence-electron chi connectivity index (χ1n) is 21.9. The number of rotatable bonds is 6. The molecule has 0 bridgehead atoms. The summed E-state index contributed by atoms with van der Waals surface area (Å²) in [5.41, 5.74) is 19.1. The van der Waals surface area contributed by atoms with Gasteiger partial charge in [0.05, 0.1) is 11.1 Å². The lowest BCUT2D eigenvalue weighted by molar-refractivity contribution is 0.361. The van der Waals surface area contributed by atoms with Crippen LogP contribution in [0, 0.1) is 0 Å². The average molecular weight is 818 g/mol. The molecule has 10 aromatic rings. The summed E-state index contributed by atoms with van der Waals surface area (Å²) in [6.07, 6.45) is 0. The van der Waals surface area contributed by atoms with Crippen molar-refractivity contribution in [3.05, 3.63) is 259 Å². The molecule has 0 radical (unpaired) electrons. The molecule has 0 fully saturated rings. The minimum Gasteiger partial charge on any atom is -0.449 e. The van der Waals surface area contributed by atoms with E-state index in [1.165, 1.54) is 33.4 Å². The number of anilines is 3. The van der Waals surface area contributed by atoms with Gasteiger partial charge >= 0.3 is 0 Å². The van der Waals surface area contributed by atoms with E-state index in [1.54, 1.807) is 0 Å². The molecule has 0 saturated carbocycles. The van der Waals surface area contributed by atoms with Crippen molar-refractivity contribution in [3.8, 4) is 78.6 Å². The van der Waals surface area contributed by atoms with Gasteiger partial charge in [0.25, 0.3) is 0 Å². The number of fused-ring (bicyclic) bond motifs is 13. The molecule has 1 spiro atoms. The lowest BCUT2D eigenvalue weighted by atomic mass is 9.70. The number of hydrogen-bond acceptors (Lipinski definition) is 3. The van der Waals surface area contributed by atoms with Crippen LogP contribution < -0.4 is 14.4 Å². The fourth-order valence-corrected chi connectivity index (χ4v) is 10.7. The third-order valence-corrected chi connectivity index (χ3v) is 13.3. The highest BCUT2D eigenvalue weighted by molar-refractivity contribution is 5.98. The quantitative estimate of drug-likeness (QED) is 0.167. The molecule has 13 rings (SSSR count).